The molecule has 0 aromatic heterocycles. The summed E-state index contributed by atoms with van der Waals surface area (Å²) in [6.45, 7) is 10.1. The van der Waals surface area contributed by atoms with E-state index in [1.54, 1.807) is 13.8 Å². The average molecular weight is 264 g/mol. The van der Waals surface area contributed by atoms with Gasteiger partial charge in [-0.25, -0.2) is 0 Å². The molecule has 0 aliphatic carbocycles. The lowest BCUT2D eigenvalue weighted by Gasteiger charge is -2.24. The Bertz CT molecular complexity index is 430. The largest absolute Gasteiger partial charge is 0.492 e. The van der Waals surface area contributed by atoms with Crippen molar-refractivity contribution in [2.24, 2.45) is 5.41 Å². The van der Waals surface area contributed by atoms with E-state index in [0.29, 0.717) is 5.75 Å². The third-order valence-corrected chi connectivity index (χ3v) is 3.70. The Morgan fingerprint density at radius 2 is 1.68 bits per heavy atom. The molecule has 0 bridgehead atoms. The van der Waals surface area contributed by atoms with Gasteiger partial charge in [-0.1, -0.05) is 32.9 Å². The van der Waals surface area contributed by atoms with Crippen molar-refractivity contribution in [1.29, 1.82) is 0 Å². The van der Waals surface area contributed by atoms with Crippen molar-refractivity contribution >= 4 is 5.97 Å². The van der Waals surface area contributed by atoms with E-state index in [-0.39, 0.29) is 12.0 Å². The van der Waals surface area contributed by atoms with Crippen LogP contribution in [0.4, 0.5) is 0 Å². The molecule has 0 aliphatic rings. The normalized spacial score (nSPS) is 12.3. The predicted octanol–water partition coefficient (Wildman–Crippen LogP) is 3.86. The third-order valence-electron chi connectivity index (χ3n) is 3.70. The number of carbonyl (C=O) groups is 1. The summed E-state index contributed by atoms with van der Waals surface area (Å²) < 4.78 is 5.55. The molecular formula is C16H24O3. The molecule has 19 heavy (non-hydrogen) atoms. The van der Waals surface area contributed by atoms with Gasteiger partial charge in [0.15, 0.2) is 0 Å². The summed E-state index contributed by atoms with van der Waals surface area (Å²) in [5, 5.41) is 9.02. The van der Waals surface area contributed by atoms with Gasteiger partial charge in [0, 0.05) is 0 Å². The summed E-state index contributed by atoms with van der Waals surface area (Å²) in [5.41, 5.74) is 0.542. The molecule has 0 aliphatic heterocycles. The molecule has 0 spiro atoms. The lowest BCUT2D eigenvalue weighted by atomic mass is 9.82. The molecule has 0 saturated carbocycles. The average Bonchev–Trinajstić information content (AvgIpc) is 2.37. The van der Waals surface area contributed by atoms with Crippen LogP contribution in [0.3, 0.4) is 0 Å². The topological polar surface area (TPSA) is 46.5 Å². The molecule has 1 aromatic rings. The molecule has 0 fully saturated rings. The minimum Gasteiger partial charge on any atom is -0.492 e. The van der Waals surface area contributed by atoms with Gasteiger partial charge in [0.05, 0.1) is 5.41 Å². The van der Waals surface area contributed by atoms with Crippen LogP contribution < -0.4 is 4.74 Å². The highest BCUT2D eigenvalue weighted by molar-refractivity contribution is 5.73. The number of aliphatic carboxylic acids is 1. The molecule has 1 rings (SSSR count). The molecule has 3 nitrogen and oxygen atoms in total. The molecule has 0 saturated heterocycles. The van der Waals surface area contributed by atoms with Gasteiger partial charge < -0.3 is 9.84 Å². The molecule has 0 unspecified atom stereocenters. The van der Waals surface area contributed by atoms with E-state index in [1.807, 2.05) is 24.3 Å². The Labute approximate surface area is 115 Å². The molecule has 0 radical (unpaired) electrons. The van der Waals surface area contributed by atoms with Gasteiger partial charge in [0.1, 0.15) is 12.4 Å². The summed E-state index contributed by atoms with van der Waals surface area (Å²) in [6, 6.07) is 7.91. The van der Waals surface area contributed by atoms with Crippen molar-refractivity contribution < 1.29 is 14.6 Å². The zero-order valence-corrected chi connectivity index (χ0v) is 12.5. The van der Waals surface area contributed by atoms with E-state index in [4.69, 9.17) is 9.84 Å². The molecule has 106 valence electrons. The predicted molar refractivity (Wildman–Crippen MR) is 76.7 cm³/mol. The maximum absolute atomic E-state index is 11.0. The maximum atomic E-state index is 11.0. The van der Waals surface area contributed by atoms with Crippen LogP contribution in [-0.4, -0.2) is 17.7 Å². The van der Waals surface area contributed by atoms with E-state index in [9.17, 15) is 4.79 Å². The number of ether oxygens (including phenoxy) is 1. The SMILES string of the molecule is CCC(C)(C)c1ccc(OCC(C)(C)C(=O)O)cc1. The Morgan fingerprint density at radius 3 is 2.11 bits per heavy atom. The van der Waals surface area contributed by atoms with Crippen LogP contribution in [0, 0.1) is 5.41 Å². The van der Waals surface area contributed by atoms with Crippen molar-refractivity contribution in [2.45, 2.75) is 46.5 Å². The Morgan fingerprint density at radius 1 is 1.16 bits per heavy atom. The minimum absolute atomic E-state index is 0.152. The second kappa shape index (κ2) is 5.64. The van der Waals surface area contributed by atoms with Crippen molar-refractivity contribution in [2.75, 3.05) is 6.61 Å². The van der Waals surface area contributed by atoms with Crippen molar-refractivity contribution in [3.63, 3.8) is 0 Å². The summed E-state index contributed by atoms with van der Waals surface area (Å²) in [6.07, 6.45) is 1.07. The number of benzene rings is 1. The van der Waals surface area contributed by atoms with Gasteiger partial charge in [-0.3, -0.25) is 4.79 Å². The number of carboxylic acids is 1. The van der Waals surface area contributed by atoms with Crippen LogP contribution in [0.5, 0.6) is 5.75 Å². The molecule has 0 heterocycles. The summed E-state index contributed by atoms with van der Waals surface area (Å²) in [5.74, 6) is -0.138. The number of hydrogen-bond donors (Lipinski definition) is 1. The van der Waals surface area contributed by atoms with Crippen molar-refractivity contribution in [1.82, 2.24) is 0 Å². The quantitative estimate of drug-likeness (QED) is 0.848. The fraction of sp³-hybridized carbons (Fsp3) is 0.562. The molecule has 0 atom stereocenters. The van der Waals surface area contributed by atoms with Gasteiger partial charge in [-0.2, -0.15) is 0 Å². The van der Waals surface area contributed by atoms with Gasteiger partial charge in [-0.05, 0) is 43.4 Å². The smallest absolute Gasteiger partial charge is 0.312 e. The van der Waals surface area contributed by atoms with Crippen LogP contribution in [0.25, 0.3) is 0 Å². The fourth-order valence-corrected chi connectivity index (χ4v) is 1.53. The monoisotopic (exact) mass is 264 g/mol. The Balaban J connectivity index is 2.71. The van der Waals surface area contributed by atoms with Gasteiger partial charge in [0.2, 0.25) is 0 Å². The van der Waals surface area contributed by atoms with E-state index in [2.05, 4.69) is 20.8 Å². The lowest BCUT2D eigenvalue weighted by Crippen LogP contribution is -2.30. The first-order chi connectivity index (χ1) is 8.69. The van der Waals surface area contributed by atoms with E-state index in [1.165, 1.54) is 5.56 Å². The van der Waals surface area contributed by atoms with Gasteiger partial charge >= 0.3 is 5.97 Å². The second-order valence-electron chi connectivity index (χ2n) is 6.24. The van der Waals surface area contributed by atoms with Crippen molar-refractivity contribution in [3.8, 4) is 5.75 Å². The molecule has 0 amide bonds. The number of hydrogen-bond acceptors (Lipinski definition) is 2. The third kappa shape index (κ3) is 3.98. The summed E-state index contributed by atoms with van der Waals surface area (Å²) in [4.78, 5) is 11.0. The number of rotatable bonds is 6. The highest BCUT2D eigenvalue weighted by atomic mass is 16.5. The standard InChI is InChI=1S/C16H24O3/c1-6-15(2,3)12-7-9-13(10-8-12)19-11-16(4,5)14(17)18/h7-10H,6,11H2,1-5H3,(H,17,18). The molecular weight excluding hydrogens is 240 g/mol. The summed E-state index contributed by atoms with van der Waals surface area (Å²) in [7, 11) is 0. The fourth-order valence-electron chi connectivity index (χ4n) is 1.53. The highest BCUT2D eigenvalue weighted by Crippen LogP contribution is 2.28. The van der Waals surface area contributed by atoms with E-state index < -0.39 is 11.4 Å². The minimum atomic E-state index is -0.874. The molecule has 3 heteroatoms. The Hall–Kier alpha value is -1.51. The zero-order valence-electron chi connectivity index (χ0n) is 12.5. The summed E-state index contributed by atoms with van der Waals surface area (Å²) >= 11 is 0. The first kappa shape index (κ1) is 15.5. The van der Waals surface area contributed by atoms with Gasteiger partial charge in [0.25, 0.3) is 0 Å². The number of carboxylic acid groups (broad SMARTS) is 1. The first-order valence-corrected chi connectivity index (χ1v) is 6.66. The van der Waals surface area contributed by atoms with Crippen LogP contribution in [-0.2, 0) is 10.2 Å². The van der Waals surface area contributed by atoms with Crippen LogP contribution >= 0.6 is 0 Å². The zero-order chi connectivity index (χ0) is 14.7. The van der Waals surface area contributed by atoms with Crippen LogP contribution in [0.2, 0.25) is 0 Å². The van der Waals surface area contributed by atoms with Gasteiger partial charge in [-0.15, -0.1) is 0 Å². The maximum Gasteiger partial charge on any atom is 0.312 e. The Kier molecular flexibility index (Phi) is 4.61. The van der Waals surface area contributed by atoms with E-state index in [0.717, 1.165) is 6.42 Å². The lowest BCUT2D eigenvalue weighted by molar-refractivity contribution is -0.148. The first-order valence-electron chi connectivity index (χ1n) is 6.66. The highest BCUT2D eigenvalue weighted by Gasteiger charge is 2.28. The molecule has 1 N–H and O–H groups in total. The molecule has 1 aromatic carbocycles. The van der Waals surface area contributed by atoms with Crippen LogP contribution in [0.1, 0.15) is 46.6 Å². The van der Waals surface area contributed by atoms with Crippen LogP contribution in [0.15, 0.2) is 24.3 Å². The second-order valence-corrected chi connectivity index (χ2v) is 6.24. The van der Waals surface area contributed by atoms with E-state index >= 15 is 0 Å². The van der Waals surface area contributed by atoms with Crippen molar-refractivity contribution in [3.05, 3.63) is 29.8 Å².